The first-order chi connectivity index (χ1) is 8.70. The van der Waals surface area contributed by atoms with Gasteiger partial charge >= 0.3 is 5.97 Å². The van der Waals surface area contributed by atoms with Gasteiger partial charge in [0.2, 0.25) is 10.0 Å². The van der Waals surface area contributed by atoms with Crippen LogP contribution in [0.4, 0.5) is 0 Å². The number of nitrogens with one attached hydrogen (secondary N) is 1. The highest BCUT2D eigenvalue weighted by Gasteiger charge is 2.29. The second-order valence-electron chi connectivity index (χ2n) is 4.16. The van der Waals surface area contributed by atoms with Crippen molar-refractivity contribution in [2.24, 2.45) is 7.05 Å². The first kappa shape index (κ1) is 15.4. The molecule has 0 radical (unpaired) electrons. The monoisotopic (exact) mass is 287 g/mol. The average molecular weight is 287 g/mol. The summed E-state index contributed by atoms with van der Waals surface area (Å²) >= 11 is 0. The molecule has 7 nitrogen and oxygen atoms in total. The number of carbonyl (C=O) groups is 1. The Labute approximate surface area is 112 Å². The first-order valence-corrected chi connectivity index (χ1v) is 7.05. The third-order valence-corrected chi connectivity index (χ3v) is 4.43. The van der Waals surface area contributed by atoms with Crippen molar-refractivity contribution in [2.75, 3.05) is 0 Å². The number of aryl methyl sites for hydroxylation is 2. The smallest absolute Gasteiger partial charge is 0.322 e. The van der Waals surface area contributed by atoms with E-state index in [-0.39, 0.29) is 11.3 Å². The molecule has 0 fully saturated rings. The van der Waals surface area contributed by atoms with E-state index in [9.17, 15) is 13.2 Å². The standard InChI is InChI=1S/C11H17N3O4S/c1-5-6-9(11(15)16)13-19(17,18)10-7(2)12-14(4)8(10)3/h5,9,13H,1,6H2,2-4H3,(H,15,16). The SMILES string of the molecule is C=CCC(NS(=O)(=O)c1c(C)nn(C)c1C)C(=O)O. The summed E-state index contributed by atoms with van der Waals surface area (Å²) in [7, 11) is -2.30. The summed E-state index contributed by atoms with van der Waals surface area (Å²) < 4.78 is 28.0. The minimum atomic E-state index is -3.93. The van der Waals surface area contributed by atoms with Gasteiger partial charge in [-0.1, -0.05) is 6.08 Å². The van der Waals surface area contributed by atoms with E-state index in [0.717, 1.165) is 0 Å². The zero-order valence-corrected chi connectivity index (χ0v) is 11.9. The van der Waals surface area contributed by atoms with E-state index in [4.69, 9.17) is 5.11 Å². The lowest BCUT2D eigenvalue weighted by Gasteiger charge is -2.13. The lowest BCUT2D eigenvalue weighted by atomic mass is 10.2. The lowest BCUT2D eigenvalue weighted by molar-refractivity contribution is -0.138. The molecule has 1 aromatic rings. The number of aromatic nitrogens is 2. The molecule has 1 unspecified atom stereocenters. The quantitative estimate of drug-likeness (QED) is 0.735. The number of aliphatic carboxylic acids is 1. The minimum absolute atomic E-state index is 0.00687. The minimum Gasteiger partial charge on any atom is -0.480 e. The Bertz CT molecular complexity index is 604. The number of rotatable bonds is 6. The van der Waals surface area contributed by atoms with Crippen molar-refractivity contribution in [3.8, 4) is 0 Å². The molecular weight excluding hydrogens is 270 g/mol. The second kappa shape index (κ2) is 5.54. The van der Waals surface area contributed by atoms with Gasteiger partial charge in [-0.15, -0.1) is 6.58 Å². The van der Waals surface area contributed by atoms with E-state index >= 15 is 0 Å². The van der Waals surface area contributed by atoms with Gasteiger partial charge in [0.15, 0.2) is 0 Å². The van der Waals surface area contributed by atoms with Gasteiger partial charge in [0, 0.05) is 7.05 Å². The Morgan fingerprint density at radius 2 is 2.16 bits per heavy atom. The maximum Gasteiger partial charge on any atom is 0.322 e. The van der Waals surface area contributed by atoms with E-state index in [1.807, 2.05) is 0 Å². The molecule has 106 valence electrons. The molecule has 0 aliphatic carbocycles. The predicted molar refractivity (Wildman–Crippen MR) is 69.2 cm³/mol. The van der Waals surface area contributed by atoms with Crippen LogP contribution in [0.5, 0.6) is 0 Å². The van der Waals surface area contributed by atoms with Gasteiger partial charge in [-0.2, -0.15) is 9.82 Å². The van der Waals surface area contributed by atoms with Crippen molar-refractivity contribution in [3.63, 3.8) is 0 Å². The van der Waals surface area contributed by atoms with E-state index in [2.05, 4.69) is 16.4 Å². The van der Waals surface area contributed by atoms with E-state index < -0.39 is 22.0 Å². The van der Waals surface area contributed by atoms with Crippen LogP contribution in [0.3, 0.4) is 0 Å². The third-order valence-electron chi connectivity index (χ3n) is 2.71. The van der Waals surface area contributed by atoms with Crippen molar-refractivity contribution < 1.29 is 18.3 Å². The Hall–Kier alpha value is -1.67. The number of hydrogen-bond donors (Lipinski definition) is 2. The van der Waals surface area contributed by atoms with Gasteiger partial charge in [0.05, 0.1) is 11.4 Å². The average Bonchev–Trinajstić information content (AvgIpc) is 2.52. The molecule has 1 atom stereocenters. The van der Waals surface area contributed by atoms with Gasteiger partial charge in [-0.05, 0) is 20.3 Å². The first-order valence-electron chi connectivity index (χ1n) is 5.57. The maximum atomic E-state index is 12.2. The Balaban J connectivity index is 3.17. The summed E-state index contributed by atoms with van der Waals surface area (Å²) in [5, 5.41) is 13.0. The Morgan fingerprint density at radius 3 is 2.53 bits per heavy atom. The molecule has 0 aliphatic heterocycles. The highest BCUT2D eigenvalue weighted by atomic mass is 32.2. The number of hydrogen-bond acceptors (Lipinski definition) is 4. The van der Waals surface area contributed by atoms with Crippen LogP contribution in [0, 0.1) is 13.8 Å². The summed E-state index contributed by atoms with van der Waals surface area (Å²) in [5.41, 5.74) is 0.781. The topological polar surface area (TPSA) is 101 Å². The highest BCUT2D eigenvalue weighted by molar-refractivity contribution is 7.89. The molecular formula is C11H17N3O4S. The van der Waals surface area contributed by atoms with Crippen LogP contribution in [0.1, 0.15) is 17.8 Å². The number of nitrogens with zero attached hydrogens (tertiary/aromatic N) is 2. The molecule has 1 heterocycles. The molecule has 0 saturated heterocycles. The zero-order valence-electron chi connectivity index (χ0n) is 11.0. The number of carboxylic acids is 1. The number of sulfonamides is 1. The van der Waals surface area contributed by atoms with Gasteiger partial charge in [-0.3, -0.25) is 9.48 Å². The Morgan fingerprint density at radius 1 is 1.58 bits per heavy atom. The lowest BCUT2D eigenvalue weighted by Crippen LogP contribution is -2.40. The Kier molecular flexibility index (Phi) is 4.48. The van der Waals surface area contributed by atoms with E-state index in [0.29, 0.717) is 11.4 Å². The molecule has 0 amide bonds. The third kappa shape index (κ3) is 3.21. The summed E-state index contributed by atoms with van der Waals surface area (Å²) in [6.07, 6.45) is 1.36. The van der Waals surface area contributed by atoms with Gasteiger partial charge in [0.1, 0.15) is 10.9 Å². The van der Waals surface area contributed by atoms with E-state index in [1.54, 1.807) is 20.9 Å². The largest absolute Gasteiger partial charge is 0.480 e. The van der Waals surface area contributed by atoms with Gasteiger partial charge in [0.25, 0.3) is 0 Å². The molecule has 19 heavy (non-hydrogen) atoms. The van der Waals surface area contributed by atoms with E-state index in [1.165, 1.54) is 10.8 Å². The molecule has 0 saturated carbocycles. The van der Waals surface area contributed by atoms with Crippen LogP contribution in [-0.2, 0) is 21.9 Å². The zero-order chi connectivity index (χ0) is 14.8. The van der Waals surface area contributed by atoms with Crippen LogP contribution in [0.15, 0.2) is 17.6 Å². The van der Waals surface area contributed by atoms with Crippen LogP contribution >= 0.6 is 0 Å². The molecule has 0 bridgehead atoms. The maximum absolute atomic E-state index is 12.2. The van der Waals surface area contributed by atoms with Crippen molar-refractivity contribution >= 4 is 16.0 Å². The van der Waals surface area contributed by atoms with Crippen LogP contribution in [0.25, 0.3) is 0 Å². The molecule has 0 aliphatic rings. The fourth-order valence-electron chi connectivity index (χ4n) is 1.76. The van der Waals surface area contributed by atoms with Crippen molar-refractivity contribution in [2.45, 2.75) is 31.2 Å². The molecule has 8 heteroatoms. The van der Waals surface area contributed by atoms with Crippen molar-refractivity contribution in [1.82, 2.24) is 14.5 Å². The molecule has 1 aromatic heterocycles. The summed E-state index contributed by atoms with van der Waals surface area (Å²) in [4.78, 5) is 11.0. The molecule has 1 rings (SSSR count). The van der Waals surface area contributed by atoms with Crippen LogP contribution in [-0.4, -0.2) is 35.3 Å². The van der Waals surface area contributed by atoms with Gasteiger partial charge < -0.3 is 5.11 Å². The fourth-order valence-corrected chi connectivity index (χ4v) is 3.40. The van der Waals surface area contributed by atoms with Crippen LogP contribution in [0.2, 0.25) is 0 Å². The molecule has 0 aromatic carbocycles. The normalized spacial score (nSPS) is 13.2. The summed E-state index contributed by atoms with van der Waals surface area (Å²) in [6, 6.07) is -1.23. The predicted octanol–water partition coefficient (Wildman–Crippen LogP) is 0.345. The van der Waals surface area contributed by atoms with Gasteiger partial charge in [-0.25, -0.2) is 8.42 Å². The molecule has 2 N–H and O–H groups in total. The highest BCUT2D eigenvalue weighted by Crippen LogP contribution is 2.19. The molecule has 0 spiro atoms. The second-order valence-corrected chi connectivity index (χ2v) is 5.81. The fraction of sp³-hybridized carbons (Fsp3) is 0.455. The van der Waals surface area contributed by atoms with Crippen LogP contribution < -0.4 is 4.72 Å². The van der Waals surface area contributed by atoms with Crippen molar-refractivity contribution in [1.29, 1.82) is 0 Å². The van der Waals surface area contributed by atoms with Crippen molar-refractivity contribution in [3.05, 3.63) is 24.0 Å². The summed E-state index contributed by atoms with van der Waals surface area (Å²) in [6.45, 7) is 6.58. The summed E-state index contributed by atoms with van der Waals surface area (Å²) in [5.74, 6) is -1.25. The number of carboxylic acid groups (broad SMARTS) is 1.